The fourth-order valence-corrected chi connectivity index (χ4v) is 3.46. The summed E-state index contributed by atoms with van der Waals surface area (Å²) in [5, 5.41) is 1.25. The number of para-hydroxylation sites is 1. The van der Waals surface area contributed by atoms with Crippen molar-refractivity contribution in [2.24, 2.45) is 11.8 Å². The minimum Gasteiger partial charge on any atom is -0.271 e. The summed E-state index contributed by atoms with van der Waals surface area (Å²) in [4.78, 5) is 4.43. The molecule has 1 aliphatic carbocycles. The second-order valence-electron chi connectivity index (χ2n) is 5.94. The van der Waals surface area contributed by atoms with Crippen molar-refractivity contribution in [3.63, 3.8) is 0 Å². The Hall–Kier alpha value is -1.45. The summed E-state index contributed by atoms with van der Waals surface area (Å²) in [5.74, 6) is 6.63. The Balaban J connectivity index is 1.76. The molecule has 0 radical (unpaired) electrons. The van der Waals surface area contributed by atoms with Gasteiger partial charge in [0.15, 0.2) is 0 Å². The van der Waals surface area contributed by atoms with Gasteiger partial charge in [0, 0.05) is 17.6 Å². The van der Waals surface area contributed by atoms with E-state index in [-0.39, 0.29) is 0 Å². The van der Waals surface area contributed by atoms with Crippen molar-refractivity contribution in [2.75, 3.05) is 0 Å². The molecule has 0 saturated heterocycles. The molecule has 1 fully saturated rings. The van der Waals surface area contributed by atoms with Gasteiger partial charge in [0.1, 0.15) is 0 Å². The zero-order valence-electron chi connectivity index (χ0n) is 11.9. The molecule has 3 N–H and O–H groups in total. The van der Waals surface area contributed by atoms with E-state index in [1.807, 2.05) is 12.3 Å². The zero-order valence-corrected chi connectivity index (χ0v) is 11.9. The summed E-state index contributed by atoms with van der Waals surface area (Å²) in [5.41, 5.74) is 5.44. The fraction of sp³-hybridized carbons (Fsp3) is 0.471. The predicted octanol–water partition coefficient (Wildman–Crippen LogP) is 3.19. The van der Waals surface area contributed by atoms with Crippen molar-refractivity contribution >= 4 is 10.9 Å². The summed E-state index contributed by atoms with van der Waals surface area (Å²) >= 11 is 0. The highest BCUT2D eigenvalue weighted by molar-refractivity contribution is 5.81. The molecule has 0 bridgehead atoms. The van der Waals surface area contributed by atoms with Crippen molar-refractivity contribution in [2.45, 2.75) is 44.6 Å². The van der Waals surface area contributed by atoms with Crippen LogP contribution in [0.25, 0.3) is 10.9 Å². The number of aromatic nitrogens is 1. The molecule has 1 heterocycles. The van der Waals surface area contributed by atoms with Crippen LogP contribution in [0.3, 0.4) is 0 Å². The Morgan fingerprint density at radius 2 is 2.00 bits per heavy atom. The average molecular weight is 269 g/mol. The van der Waals surface area contributed by atoms with Crippen LogP contribution in [0.1, 0.15) is 37.7 Å². The summed E-state index contributed by atoms with van der Waals surface area (Å²) < 4.78 is 0. The van der Waals surface area contributed by atoms with Crippen LogP contribution in [0.5, 0.6) is 0 Å². The van der Waals surface area contributed by atoms with E-state index in [0.29, 0.717) is 6.04 Å². The number of benzene rings is 1. The third-order valence-electron chi connectivity index (χ3n) is 4.53. The van der Waals surface area contributed by atoms with Gasteiger partial charge >= 0.3 is 0 Å². The van der Waals surface area contributed by atoms with Gasteiger partial charge < -0.3 is 0 Å². The molecule has 1 aliphatic rings. The van der Waals surface area contributed by atoms with Crippen LogP contribution >= 0.6 is 0 Å². The maximum absolute atomic E-state index is 5.78. The Morgan fingerprint density at radius 3 is 2.80 bits per heavy atom. The quantitative estimate of drug-likeness (QED) is 0.647. The van der Waals surface area contributed by atoms with Crippen LogP contribution in [0.4, 0.5) is 0 Å². The first kappa shape index (κ1) is 13.5. The molecule has 106 valence electrons. The van der Waals surface area contributed by atoms with Crippen LogP contribution in [0, 0.1) is 5.92 Å². The van der Waals surface area contributed by atoms with Gasteiger partial charge in [0.2, 0.25) is 0 Å². The maximum atomic E-state index is 5.78. The summed E-state index contributed by atoms with van der Waals surface area (Å²) in [6, 6.07) is 10.8. The van der Waals surface area contributed by atoms with E-state index in [0.717, 1.165) is 17.9 Å². The third-order valence-corrected chi connectivity index (χ3v) is 4.53. The Kier molecular flexibility index (Phi) is 4.28. The molecule has 0 aliphatic heterocycles. The summed E-state index contributed by atoms with van der Waals surface area (Å²) in [6.07, 6.45) is 9.59. The van der Waals surface area contributed by atoms with E-state index >= 15 is 0 Å². The molecule has 1 aromatic carbocycles. The topological polar surface area (TPSA) is 50.9 Å². The summed E-state index contributed by atoms with van der Waals surface area (Å²) in [7, 11) is 0. The number of fused-ring (bicyclic) bond motifs is 1. The second-order valence-corrected chi connectivity index (χ2v) is 5.94. The lowest BCUT2D eigenvalue weighted by molar-refractivity contribution is 0.390. The van der Waals surface area contributed by atoms with E-state index in [2.05, 4.69) is 34.7 Å². The minimum atomic E-state index is 0.365. The largest absolute Gasteiger partial charge is 0.271 e. The molecular weight excluding hydrogens is 246 g/mol. The number of nitrogens with one attached hydrogen (secondary N) is 1. The monoisotopic (exact) mass is 269 g/mol. The maximum Gasteiger partial charge on any atom is 0.0704 e. The van der Waals surface area contributed by atoms with E-state index in [1.165, 1.54) is 43.1 Å². The highest BCUT2D eigenvalue weighted by atomic mass is 15.2. The van der Waals surface area contributed by atoms with Crippen molar-refractivity contribution in [1.29, 1.82) is 0 Å². The highest BCUT2D eigenvalue weighted by Crippen LogP contribution is 2.29. The second kappa shape index (κ2) is 6.33. The fourth-order valence-electron chi connectivity index (χ4n) is 3.46. The summed E-state index contributed by atoms with van der Waals surface area (Å²) in [6.45, 7) is 0. The molecule has 20 heavy (non-hydrogen) atoms. The molecule has 3 heteroatoms. The molecular formula is C17H23N3. The number of rotatable bonds is 5. The number of nitrogens with two attached hydrogens (primary N) is 1. The van der Waals surface area contributed by atoms with Crippen molar-refractivity contribution in [3.05, 3.63) is 42.1 Å². The van der Waals surface area contributed by atoms with E-state index in [4.69, 9.17) is 5.84 Å². The molecule has 1 atom stereocenters. The van der Waals surface area contributed by atoms with Crippen LogP contribution in [0.15, 0.2) is 36.5 Å². The van der Waals surface area contributed by atoms with Crippen LogP contribution in [-0.4, -0.2) is 11.0 Å². The number of hydrogen-bond acceptors (Lipinski definition) is 3. The number of hydrogen-bond donors (Lipinski definition) is 2. The van der Waals surface area contributed by atoms with Gasteiger partial charge in [-0.2, -0.15) is 0 Å². The predicted molar refractivity (Wildman–Crippen MR) is 83.1 cm³/mol. The van der Waals surface area contributed by atoms with Crippen LogP contribution in [0.2, 0.25) is 0 Å². The Labute approximate surface area is 120 Å². The normalized spacial score (nSPS) is 17.6. The average Bonchev–Trinajstić information content (AvgIpc) is 3.00. The lowest BCUT2D eigenvalue weighted by atomic mass is 9.93. The van der Waals surface area contributed by atoms with Gasteiger partial charge in [0.05, 0.1) is 5.52 Å². The van der Waals surface area contributed by atoms with Crippen LogP contribution in [-0.2, 0) is 6.42 Å². The van der Waals surface area contributed by atoms with E-state index in [9.17, 15) is 0 Å². The van der Waals surface area contributed by atoms with Crippen molar-refractivity contribution < 1.29 is 0 Å². The van der Waals surface area contributed by atoms with Crippen molar-refractivity contribution in [3.8, 4) is 0 Å². The van der Waals surface area contributed by atoms with Crippen LogP contribution < -0.4 is 11.3 Å². The van der Waals surface area contributed by atoms with E-state index in [1.54, 1.807) is 0 Å². The SMILES string of the molecule is NNC(Cc1ccnc2ccccc12)CC1CCCC1. The van der Waals surface area contributed by atoms with Crippen molar-refractivity contribution in [1.82, 2.24) is 10.4 Å². The van der Waals surface area contributed by atoms with Gasteiger partial charge in [-0.25, -0.2) is 0 Å². The first-order valence-corrected chi connectivity index (χ1v) is 7.65. The molecule has 1 saturated carbocycles. The molecule has 0 amide bonds. The Morgan fingerprint density at radius 1 is 1.20 bits per heavy atom. The standard InChI is InChI=1S/C17H23N3/c18-20-15(11-13-5-1-2-6-13)12-14-9-10-19-17-8-4-3-7-16(14)17/h3-4,7-10,13,15,20H,1-2,5-6,11-12,18H2. The number of hydrazine groups is 1. The molecule has 1 unspecified atom stereocenters. The molecule has 2 aromatic rings. The highest BCUT2D eigenvalue weighted by Gasteiger charge is 2.20. The van der Waals surface area contributed by atoms with Gasteiger partial charge in [-0.15, -0.1) is 0 Å². The molecule has 0 spiro atoms. The lowest BCUT2D eigenvalue weighted by Gasteiger charge is -2.20. The first-order chi connectivity index (χ1) is 9.86. The van der Waals surface area contributed by atoms with Gasteiger partial charge in [-0.3, -0.25) is 16.3 Å². The Bertz CT molecular complexity index is 556. The number of pyridine rings is 1. The minimum absolute atomic E-state index is 0.365. The smallest absolute Gasteiger partial charge is 0.0704 e. The molecule has 3 nitrogen and oxygen atoms in total. The number of nitrogens with zero attached hydrogens (tertiary/aromatic N) is 1. The zero-order chi connectivity index (χ0) is 13.8. The first-order valence-electron chi connectivity index (χ1n) is 7.65. The van der Waals surface area contributed by atoms with E-state index < -0.39 is 0 Å². The molecule has 3 rings (SSSR count). The molecule has 1 aromatic heterocycles. The van der Waals surface area contributed by atoms with Gasteiger partial charge in [-0.05, 0) is 36.5 Å². The lowest BCUT2D eigenvalue weighted by Crippen LogP contribution is -2.38. The van der Waals surface area contributed by atoms with Gasteiger partial charge in [-0.1, -0.05) is 43.9 Å². The third kappa shape index (κ3) is 3.00. The van der Waals surface area contributed by atoms with Gasteiger partial charge in [0.25, 0.3) is 0 Å².